The van der Waals surface area contributed by atoms with Crippen LogP contribution in [0, 0.1) is 0 Å². The normalized spacial score (nSPS) is 21.9. The predicted octanol–water partition coefficient (Wildman–Crippen LogP) is 0.840. The number of amides is 1. The van der Waals surface area contributed by atoms with Crippen molar-refractivity contribution in [3.05, 3.63) is 0 Å². The maximum Gasteiger partial charge on any atom is 0.305 e. The van der Waals surface area contributed by atoms with Gasteiger partial charge in [-0.1, -0.05) is 6.42 Å². The van der Waals surface area contributed by atoms with Crippen molar-refractivity contribution in [2.75, 3.05) is 13.1 Å². The second kappa shape index (κ2) is 6.59. The average Bonchev–Trinajstić information content (AvgIpc) is 2.30. The molecular weight excluding hydrogens is 220 g/mol. The summed E-state index contributed by atoms with van der Waals surface area (Å²) in [5.74, 6) is -0.818. The van der Waals surface area contributed by atoms with Crippen LogP contribution in [0.5, 0.6) is 0 Å². The lowest BCUT2D eigenvalue weighted by atomic mass is 10.0. The Morgan fingerprint density at radius 1 is 1.47 bits per heavy atom. The number of carboxylic acids is 1. The van der Waals surface area contributed by atoms with Crippen LogP contribution in [0.15, 0.2) is 0 Å². The number of hydrogen-bond donors (Lipinski definition) is 2. The van der Waals surface area contributed by atoms with Crippen LogP contribution >= 0.6 is 0 Å². The second-order valence-electron chi connectivity index (χ2n) is 4.57. The molecule has 0 saturated carbocycles. The quantitative estimate of drug-likeness (QED) is 0.749. The van der Waals surface area contributed by atoms with E-state index in [-0.39, 0.29) is 24.4 Å². The number of nitrogens with one attached hydrogen (secondary N) is 1. The molecule has 0 spiro atoms. The van der Waals surface area contributed by atoms with Gasteiger partial charge in [0.2, 0.25) is 5.91 Å². The molecule has 98 valence electrons. The zero-order valence-corrected chi connectivity index (χ0v) is 10.6. The van der Waals surface area contributed by atoms with Crippen LogP contribution in [0.3, 0.4) is 0 Å². The van der Waals surface area contributed by atoms with Crippen molar-refractivity contribution in [2.24, 2.45) is 0 Å². The summed E-state index contributed by atoms with van der Waals surface area (Å²) in [5.41, 5.74) is 0. The Hall–Kier alpha value is -1.10. The minimum absolute atomic E-state index is 0.00625. The van der Waals surface area contributed by atoms with Crippen LogP contribution in [0.2, 0.25) is 0 Å². The molecule has 2 atom stereocenters. The summed E-state index contributed by atoms with van der Waals surface area (Å²) in [6.45, 7) is 5.12. The number of likely N-dealkylation sites (N-methyl/N-ethyl adjacent to an activating group) is 1. The van der Waals surface area contributed by atoms with Crippen LogP contribution in [-0.2, 0) is 9.59 Å². The van der Waals surface area contributed by atoms with Gasteiger partial charge in [-0.2, -0.15) is 0 Å². The van der Waals surface area contributed by atoms with Crippen molar-refractivity contribution in [1.82, 2.24) is 10.2 Å². The van der Waals surface area contributed by atoms with Crippen LogP contribution in [0.1, 0.15) is 39.5 Å². The summed E-state index contributed by atoms with van der Waals surface area (Å²) < 4.78 is 0. The number of carboxylic acid groups (broad SMARTS) is 1. The standard InChI is InChI=1S/C12H22N2O3/c1-3-14(9(2)8-11(15)16)12(17)10-6-4-5-7-13-10/h9-10,13H,3-8H2,1-2H3,(H,15,16)/t9?,10-/m0/s1. The lowest BCUT2D eigenvalue weighted by molar-refractivity contribution is -0.141. The van der Waals surface area contributed by atoms with E-state index in [0.717, 1.165) is 25.8 Å². The molecule has 1 aliphatic heterocycles. The topological polar surface area (TPSA) is 69.6 Å². The van der Waals surface area contributed by atoms with Crippen molar-refractivity contribution in [3.63, 3.8) is 0 Å². The summed E-state index contributed by atoms with van der Waals surface area (Å²) in [7, 11) is 0. The van der Waals surface area contributed by atoms with Crippen molar-refractivity contribution in [1.29, 1.82) is 0 Å². The van der Waals surface area contributed by atoms with E-state index in [1.54, 1.807) is 11.8 Å². The number of nitrogens with zero attached hydrogens (tertiary/aromatic N) is 1. The van der Waals surface area contributed by atoms with Gasteiger partial charge in [0.15, 0.2) is 0 Å². The third-order valence-corrected chi connectivity index (χ3v) is 3.23. The lowest BCUT2D eigenvalue weighted by Crippen LogP contribution is -2.51. The van der Waals surface area contributed by atoms with Crippen molar-refractivity contribution in [2.45, 2.75) is 51.6 Å². The van der Waals surface area contributed by atoms with Crippen LogP contribution in [-0.4, -0.2) is 47.1 Å². The molecule has 1 heterocycles. The van der Waals surface area contributed by atoms with Crippen LogP contribution < -0.4 is 5.32 Å². The van der Waals surface area contributed by atoms with Gasteiger partial charge >= 0.3 is 5.97 Å². The van der Waals surface area contributed by atoms with Gasteiger partial charge in [-0.05, 0) is 33.2 Å². The summed E-state index contributed by atoms with van der Waals surface area (Å²) in [6.07, 6.45) is 3.04. The van der Waals surface area contributed by atoms with E-state index in [2.05, 4.69) is 5.32 Å². The summed E-state index contributed by atoms with van der Waals surface area (Å²) in [6, 6.07) is -0.367. The Labute approximate surface area is 102 Å². The number of carbonyl (C=O) groups is 2. The van der Waals surface area contributed by atoms with Gasteiger partial charge in [0.25, 0.3) is 0 Å². The van der Waals surface area contributed by atoms with E-state index in [4.69, 9.17) is 5.11 Å². The fourth-order valence-corrected chi connectivity index (χ4v) is 2.31. The van der Waals surface area contributed by atoms with Gasteiger partial charge in [0.1, 0.15) is 0 Å². The minimum Gasteiger partial charge on any atom is -0.481 e. The molecule has 1 fully saturated rings. The number of carbonyl (C=O) groups excluding carboxylic acids is 1. The molecule has 0 aromatic rings. The molecule has 17 heavy (non-hydrogen) atoms. The maximum atomic E-state index is 12.2. The Kier molecular flexibility index (Phi) is 5.41. The molecule has 1 rings (SSSR count). The van der Waals surface area contributed by atoms with E-state index in [1.807, 2.05) is 6.92 Å². The van der Waals surface area contributed by atoms with Gasteiger partial charge in [-0.3, -0.25) is 9.59 Å². The van der Waals surface area contributed by atoms with E-state index in [9.17, 15) is 9.59 Å². The highest BCUT2D eigenvalue weighted by molar-refractivity contribution is 5.82. The fraction of sp³-hybridized carbons (Fsp3) is 0.833. The third kappa shape index (κ3) is 4.00. The number of hydrogen-bond acceptors (Lipinski definition) is 3. The SMILES string of the molecule is CCN(C(=O)[C@@H]1CCCCN1)C(C)CC(=O)O. The molecule has 1 saturated heterocycles. The Morgan fingerprint density at radius 2 is 2.18 bits per heavy atom. The van der Waals surface area contributed by atoms with Crippen molar-refractivity contribution < 1.29 is 14.7 Å². The summed E-state index contributed by atoms with van der Waals surface area (Å²) in [5, 5.41) is 12.0. The van der Waals surface area contributed by atoms with Crippen molar-refractivity contribution >= 4 is 11.9 Å². The zero-order valence-electron chi connectivity index (χ0n) is 10.6. The largest absolute Gasteiger partial charge is 0.481 e. The predicted molar refractivity (Wildman–Crippen MR) is 64.7 cm³/mol. The monoisotopic (exact) mass is 242 g/mol. The molecule has 1 amide bonds. The fourth-order valence-electron chi connectivity index (χ4n) is 2.31. The first kappa shape index (κ1) is 14.0. The maximum absolute atomic E-state index is 12.2. The Bertz CT molecular complexity index is 275. The second-order valence-corrected chi connectivity index (χ2v) is 4.57. The molecule has 0 aliphatic carbocycles. The smallest absolute Gasteiger partial charge is 0.305 e. The first-order valence-electron chi connectivity index (χ1n) is 6.32. The van der Waals surface area contributed by atoms with Crippen LogP contribution in [0.4, 0.5) is 0 Å². The van der Waals surface area contributed by atoms with Gasteiger partial charge in [0, 0.05) is 12.6 Å². The van der Waals surface area contributed by atoms with E-state index < -0.39 is 5.97 Å². The van der Waals surface area contributed by atoms with E-state index >= 15 is 0 Å². The summed E-state index contributed by atoms with van der Waals surface area (Å²) in [4.78, 5) is 24.6. The Balaban J connectivity index is 2.58. The highest BCUT2D eigenvalue weighted by atomic mass is 16.4. The highest BCUT2D eigenvalue weighted by Crippen LogP contribution is 2.13. The molecule has 0 bridgehead atoms. The minimum atomic E-state index is -0.861. The van der Waals surface area contributed by atoms with Gasteiger partial charge in [0.05, 0.1) is 12.5 Å². The highest BCUT2D eigenvalue weighted by Gasteiger charge is 2.28. The molecule has 5 nitrogen and oxygen atoms in total. The summed E-state index contributed by atoms with van der Waals surface area (Å²) >= 11 is 0. The molecular formula is C12H22N2O3. The first-order valence-corrected chi connectivity index (χ1v) is 6.32. The molecule has 0 aromatic carbocycles. The van der Waals surface area contributed by atoms with E-state index in [1.165, 1.54) is 0 Å². The first-order chi connectivity index (χ1) is 8.06. The molecule has 1 aliphatic rings. The molecule has 5 heteroatoms. The van der Waals surface area contributed by atoms with Gasteiger partial charge in [-0.15, -0.1) is 0 Å². The number of piperidine rings is 1. The number of rotatable bonds is 5. The van der Waals surface area contributed by atoms with Crippen molar-refractivity contribution in [3.8, 4) is 0 Å². The lowest BCUT2D eigenvalue weighted by Gasteiger charge is -2.32. The average molecular weight is 242 g/mol. The van der Waals surface area contributed by atoms with E-state index in [0.29, 0.717) is 6.54 Å². The molecule has 2 N–H and O–H groups in total. The van der Waals surface area contributed by atoms with Crippen LogP contribution in [0.25, 0.3) is 0 Å². The van der Waals surface area contributed by atoms with Gasteiger partial charge in [-0.25, -0.2) is 0 Å². The molecule has 1 unspecified atom stereocenters. The van der Waals surface area contributed by atoms with Gasteiger partial charge < -0.3 is 15.3 Å². The zero-order chi connectivity index (χ0) is 12.8. The molecule has 0 radical (unpaired) electrons. The molecule has 0 aromatic heterocycles. The third-order valence-electron chi connectivity index (χ3n) is 3.23. The Morgan fingerprint density at radius 3 is 2.65 bits per heavy atom. The number of aliphatic carboxylic acids is 1.